The van der Waals surface area contributed by atoms with Gasteiger partial charge in [-0.05, 0) is 73.2 Å². The number of amides is 1. The molecule has 1 aliphatic rings. The van der Waals surface area contributed by atoms with E-state index in [4.69, 9.17) is 4.74 Å². The summed E-state index contributed by atoms with van der Waals surface area (Å²) < 4.78 is 6.11. The Labute approximate surface area is 197 Å². The number of benzene rings is 2. The van der Waals surface area contributed by atoms with Crippen molar-refractivity contribution in [1.29, 1.82) is 0 Å². The van der Waals surface area contributed by atoms with Crippen molar-refractivity contribution in [2.75, 3.05) is 5.32 Å². The Hall–Kier alpha value is -3.97. The summed E-state index contributed by atoms with van der Waals surface area (Å²) in [6.45, 7) is 1.91. The van der Waals surface area contributed by atoms with E-state index in [9.17, 15) is 9.90 Å². The van der Waals surface area contributed by atoms with Crippen molar-refractivity contribution in [3.8, 4) is 23.0 Å². The van der Waals surface area contributed by atoms with E-state index < -0.39 is 0 Å². The van der Waals surface area contributed by atoms with Gasteiger partial charge in [-0.15, -0.1) is 0 Å². The summed E-state index contributed by atoms with van der Waals surface area (Å²) in [6, 6.07) is 17.5. The van der Waals surface area contributed by atoms with Gasteiger partial charge in [0.25, 0.3) is 0 Å². The quantitative estimate of drug-likeness (QED) is 0.388. The number of carbonyl (C=O) groups is 1. The van der Waals surface area contributed by atoms with Gasteiger partial charge in [0, 0.05) is 23.9 Å². The number of pyridine rings is 1. The molecule has 1 atom stereocenters. The topological polar surface area (TPSA) is 100 Å². The first-order valence-corrected chi connectivity index (χ1v) is 11.4. The average molecular weight is 455 g/mol. The Kier molecular flexibility index (Phi) is 6.10. The number of fused-ring (bicyclic) bond motifs is 1. The lowest BCUT2D eigenvalue weighted by Gasteiger charge is -2.24. The number of hydrogen-bond donors (Lipinski definition) is 3. The number of imidazole rings is 1. The molecule has 34 heavy (non-hydrogen) atoms. The number of aliphatic hydroxyl groups is 1. The molecule has 0 fully saturated rings. The SMILES string of the molecule is Cc1cccc(NC(=O)C2CCc3ccc(Oc4ccnc(-c5ncc(CO)[nH]5)c4)cc3C2)c1. The van der Waals surface area contributed by atoms with E-state index in [0.717, 1.165) is 29.7 Å². The van der Waals surface area contributed by atoms with Crippen LogP contribution in [0.3, 0.4) is 0 Å². The number of ether oxygens (including phenoxy) is 1. The minimum absolute atomic E-state index is 0.0574. The highest BCUT2D eigenvalue weighted by Crippen LogP contribution is 2.32. The second-order valence-electron chi connectivity index (χ2n) is 8.62. The first-order chi connectivity index (χ1) is 16.6. The van der Waals surface area contributed by atoms with Crippen LogP contribution in [0.15, 0.2) is 67.0 Å². The molecule has 0 radical (unpaired) electrons. The molecule has 0 saturated heterocycles. The average Bonchev–Trinajstić information content (AvgIpc) is 3.33. The van der Waals surface area contributed by atoms with E-state index in [-0.39, 0.29) is 18.4 Å². The number of carbonyl (C=O) groups excluding carboxylic acids is 1. The van der Waals surface area contributed by atoms with Crippen LogP contribution in [0.5, 0.6) is 11.5 Å². The van der Waals surface area contributed by atoms with E-state index in [1.807, 2.05) is 43.3 Å². The number of hydrogen-bond acceptors (Lipinski definition) is 5. The van der Waals surface area contributed by atoms with Gasteiger partial charge in [0.2, 0.25) is 5.91 Å². The third kappa shape index (κ3) is 4.84. The van der Waals surface area contributed by atoms with Crippen molar-refractivity contribution in [1.82, 2.24) is 15.0 Å². The fourth-order valence-corrected chi connectivity index (χ4v) is 4.30. The molecule has 172 valence electrons. The van der Waals surface area contributed by atoms with Gasteiger partial charge in [0.15, 0.2) is 5.82 Å². The number of H-pyrrole nitrogens is 1. The number of aliphatic hydroxyl groups excluding tert-OH is 1. The molecule has 1 unspecified atom stereocenters. The van der Waals surface area contributed by atoms with Crippen molar-refractivity contribution in [3.63, 3.8) is 0 Å². The predicted molar refractivity (Wildman–Crippen MR) is 130 cm³/mol. The molecule has 5 rings (SSSR count). The van der Waals surface area contributed by atoms with Gasteiger partial charge in [-0.3, -0.25) is 9.78 Å². The Morgan fingerprint density at radius 2 is 2.00 bits per heavy atom. The number of anilines is 1. The van der Waals surface area contributed by atoms with Crippen molar-refractivity contribution in [2.24, 2.45) is 5.92 Å². The van der Waals surface area contributed by atoms with Crippen LogP contribution >= 0.6 is 0 Å². The third-order valence-corrected chi connectivity index (χ3v) is 6.07. The van der Waals surface area contributed by atoms with Gasteiger partial charge in [-0.25, -0.2) is 4.98 Å². The van der Waals surface area contributed by atoms with Crippen LogP contribution in [-0.4, -0.2) is 26.0 Å². The molecule has 0 aliphatic heterocycles. The van der Waals surface area contributed by atoms with Gasteiger partial charge < -0.3 is 20.1 Å². The summed E-state index contributed by atoms with van der Waals surface area (Å²) in [4.78, 5) is 24.5. The standard InChI is InChI=1S/C27H26N4O3/c1-17-3-2-4-21(11-17)31-27(33)19-6-5-18-7-8-23(13-20(18)12-19)34-24-9-10-28-25(14-24)26-29-15-22(16-32)30-26/h2-4,7-11,13-15,19,32H,5-6,12,16H2,1H3,(H,29,30)(H,31,33). The van der Waals surface area contributed by atoms with Crippen molar-refractivity contribution >= 4 is 11.6 Å². The molecule has 4 aromatic rings. The van der Waals surface area contributed by atoms with Gasteiger partial charge in [-0.2, -0.15) is 0 Å². The third-order valence-electron chi connectivity index (χ3n) is 6.07. The minimum Gasteiger partial charge on any atom is -0.457 e. The van der Waals surface area contributed by atoms with Crippen LogP contribution in [0.4, 0.5) is 5.69 Å². The lowest BCUT2D eigenvalue weighted by Crippen LogP contribution is -2.28. The van der Waals surface area contributed by atoms with Crippen molar-refractivity contribution < 1.29 is 14.6 Å². The Bertz CT molecular complexity index is 1330. The lowest BCUT2D eigenvalue weighted by atomic mass is 9.83. The highest BCUT2D eigenvalue weighted by Gasteiger charge is 2.25. The molecular formula is C27H26N4O3. The fourth-order valence-electron chi connectivity index (χ4n) is 4.30. The second-order valence-corrected chi connectivity index (χ2v) is 8.62. The number of nitrogens with zero attached hydrogens (tertiary/aromatic N) is 2. The fraction of sp³-hybridized carbons (Fsp3) is 0.222. The summed E-state index contributed by atoms with van der Waals surface area (Å²) >= 11 is 0. The predicted octanol–water partition coefficient (Wildman–Crippen LogP) is 4.81. The van der Waals surface area contributed by atoms with Crippen LogP contribution in [0.1, 0.15) is 28.8 Å². The van der Waals surface area contributed by atoms with Gasteiger partial charge in [0.05, 0.1) is 18.5 Å². The zero-order chi connectivity index (χ0) is 23.5. The highest BCUT2D eigenvalue weighted by atomic mass is 16.5. The Morgan fingerprint density at radius 1 is 1.12 bits per heavy atom. The zero-order valence-corrected chi connectivity index (χ0v) is 18.9. The molecule has 1 aliphatic carbocycles. The van der Waals surface area contributed by atoms with Crippen molar-refractivity contribution in [2.45, 2.75) is 32.8 Å². The number of aromatic nitrogens is 3. The molecule has 3 N–H and O–H groups in total. The molecule has 7 heteroatoms. The van der Waals surface area contributed by atoms with E-state index in [2.05, 4.69) is 26.3 Å². The number of rotatable bonds is 6. The maximum absolute atomic E-state index is 12.9. The number of aromatic amines is 1. The van der Waals surface area contributed by atoms with Gasteiger partial charge in [-0.1, -0.05) is 18.2 Å². The maximum atomic E-state index is 12.9. The van der Waals surface area contributed by atoms with E-state index >= 15 is 0 Å². The van der Waals surface area contributed by atoms with Crippen LogP contribution in [0.25, 0.3) is 11.5 Å². The second kappa shape index (κ2) is 9.49. The monoisotopic (exact) mass is 454 g/mol. The first kappa shape index (κ1) is 21.9. The van der Waals surface area contributed by atoms with Crippen LogP contribution < -0.4 is 10.1 Å². The summed E-state index contributed by atoms with van der Waals surface area (Å²) in [7, 11) is 0. The van der Waals surface area contributed by atoms with E-state index in [0.29, 0.717) is 35.1 Å². The summed E-state index contributed by atoms with van der Waals surface area (Å²) in [5, 5.41) is 12.3. The molecule has 0 bridgehead atoms. The normalized spacial score (nSPS) is 14.9. The summed E-state index contributed by atoms with van der Waals surface area (Å²) in [5.41, 5.74) is 5.61. The smallest absolute Gasteiger partial charge is 0.227 e. The van der Waals surface area contributed by atoms with Gasteiger partial charge >= 0.3 is 0 Å². The number of aryl methyl sites for hydroxylation is 2. The number of nitrogens with one attached hydrogen (secondary N) is 2. The largest absolute Gasteiger partial charge is 0.457 e. The minimum atomic E-state index is -0.109. The molecule has 1 amide bonds. The molecule has 0 spiro atoms. The molecule has 7 nitrogen and oxygen atoms in total. The molecular weight excluding hydrogens is 428 g/mol. The van der Waals surface area contributed by atoms with Crippen LogP contribution in [0.2, 0.25) is 0 Å². The van der Waals surface area contributed by atoms with E-state index in [1.54, 1.807) is 24.5 Å². The molecule has 2 aromatic heterocycles. The molecule has 2 heterocycles. The first-order valence-electron chi connectivity index (χ1n) is 11.4. The van der Waals surface area contributed by atoms with E-state index in [1.165, 1.54) is 5.56 Å². The van der Waals surface area contributed by atoms with Crippen LogP contribution in [0, 0.1) is 12.8 Å². The molecule has 0 saturated carbocycles. The summed E-state index contributed by atoms with van der Waals surface area (Å²) in [6.07, 6.45) is 5.63. The Morgan fingerprint density at radius 3 is 2.82 bits per heavy atom. The zero-order valence-electron chi connectivity index (χ0n) is 18.9. The van der Waals surface area contributed by atoms with Gasteiger partial charge in [0.1, 0.15) is 17.2 Å². The highest BCUT2D eigenvalue weighted by molar-refractivity contribution is 5.93. The van der Waals surface area contributed by atoms with Crippen LogP contribution in [-0.2, 0) is 24.2 Å². The lowest BCUT2D eigenvalue weighted by molar-refractivity contribution is -0.120. The van der Waals surface area contributed by atoms with Crippen molar-refractivity contribution in [3.05, 3.63) is 89.4 Å². The summed E-state index contributed by atoms with van der Waals surface area (Å²) in [5.74, 6) is 1.91. The Balaban J connectivity index is 1.29. The maximum Gasteiger partial charge on any atom is 0.227 e. The molecule has 2 aromatic carbocycles.